The fraction of sp³-hybridized carbons (Fsp3) is 0.545. The average Bonchev–Trinajstić information content (AvgIpc) is 2.80. The highest BCUT2D eigenvalue weighted by Crippen LogP contribution is 2.11. The lowest BCUT2D eigenvalue weighted by Crippen LogP contribution is -2.40. The molecule has 0 amide bonds. The molecule has 1 fully saturated rings. The Morgan fingerprint density at radius 2 is 2.12 bits per heavy atom. The van der Waals surface area contributed by atoms with Crippen LogP contribution in [-0.2, 0) is 6.54 Å². The number of aliphatic imine (C=N–C) groups is 1. The molecule has 2 rings (SSSR count). The van der Waals surface area contributed by atoms with E-state index in [0.29, 0.717) is 5.96 Å². The van der Waals surface area contributed by atoms with Crippen LogP contribution in [0.3, 0.4) is 0 Å². The number of nitrogens with two attached hydrogens (primary N) is 1. The van der Waals surface area contributed by atoms with Gasteiger partial charge in [-0.25, -0.2) is 4.99 Å². The van der Waals surface area contributed by atoms with Crippen LogP contribution >= 0.6 is 35.3 Å². The normalized spacial score (nSPS) is 17.0. The average molecular weight is 351 g/mol. The van der Waals surface area contributed by atoms with Crippen LogP contribution < -0.4 is 5.73 Å². The van der Waals surface area contributed by atoms with Crippen LogP contribution in [0, 0.1) is 0 Å². The predicted octanol–water partition coefficient (Wildman–Crippen LogP) is 2.67. The number of hydrogen-bond acceptors (Lipinski definition) is 2. The first-order chi connectivity index (χ1) is 7.36. The Balaban J connectivity index is 0.00000128. The van der Waals surface area contributed by atoms with Crippen molar-refractivity contribution in [3.63, 3.8) is 0 Å². The van der Waals surface area contributed by atoms with Crippen LogP contribution in [0.5, 0.6) is 0 Å². The number of thiophene rings is 1. The van der Waals surface area contributed by atoms with E-state index in [1.807, 2.05) is 6.07 Å². The molecule has 0 aliphatic carbocycles. The monoisotopic (exact) mass is 351 g/mol. The van der Waals surface area contributed by atoms with Crippen molar-refractivity contribution < 1.29 is 0 Å². The van der Waals surface area contributed by atoms with Crippen molar-refractivity contribution >= 4 is 41.3 Å². The zero-order valence-corrected chi connectivity index (χ0v) is 12.4. The van der Waals surface area contributed by atoms with E-state index in [2.05, 4.69) is 21.3 Å². The molecule has 0 aromatic carbocycles. The number of piperidine rings is 1. The molecule has 1 aliphatic rings. The first-order valence-electron chi connectivity index (χ1n) is 5.43. The van der Waals surface area contributed by atoms with Gasteiger partial charge in [0.05, 0.1) is 6.54 Å². The van der Waals surface area contributed by atoms with Gasteiger partial charge in [-0.1, -0.05) is 6.07 Å². The summed E-state index contributed by atoms with van der Waals surface area (Å²) in [6.07, 6.45) is 3.82. The van der Waals surface area contributed by atoms with E-state index >= 15 is 0 Å². The summed E-state index contributed by atoms with van der Waals surface area (Å²) in [7, 11) is 0. The third-order valence-electron chi connectivity index (χ3n) is 2.66. The Morgan fingerprint density at radius 3 is 2.75 bits per heavy atom. The standard InChI is InChI=1S/C11H17N3S.HI/c12-11(14-6-2-1-3-7-14)13-9-10-5-4-8-15-10;/h4-5,8H,1-3,6-7,9H2,(H2,12,13);1H. The molecule has 0 unspecified atom stereocenters. The molecule has 0 saturated carbocycles. The smallest absolute Gasteiger partial charge is 0.191 e. The van der Waals surface area contributed by atoms with Crippen molar-refractivity contribution in [3.8, 4) is 0 Å². The molecular weight excluding hydrogens is 333 g/mol. The quantitative estimate of drug-likeness (QED) is 0.506. The summed E-state index contributed by atoms with van der Waals surface area (Å²) in [4.78, 5) is 7.89. The zero-order chi connectivity index (χ0) is 10.5. The number of rotatable bonds is 2. The molecule has 90 valence electrons. The lowest BCUT2D eigenvalue weighted by Gasteiger charge is -2.27. The second-order valence-corrected chi connectivity index (χ2v) is 4.83. The molecular formula is C11H18IN3S. The Bertz CT molecular complexity index is 318. The van der Waals surface area contributed by atoms with Gasteiger partial charge in [0.1, 0.15) is 0 Å². The van der Waals surface area contributed by atoms with Gasteiger partial charge < -0.3 is 10.6 Å². The van der Waals surface area contributed by atoms with Gasteiger partial charge in [-0.2, -0.15) is 0 Å². The number of likely N-dealkylation sites (tertiary alicyclic amines) is 1. The van der Waals surface area contributed by atoms with Gasteiger partial charge in [-0.05, 0) is 30.7 Å². The third-order valence-corrected chi connectivity index (χ3v) is 3.52. The number of hydrogen-bond donors (Lipinski definition) is 1. The highest BCUT2D eigenvalue weighted by atomic mass is 127. The van der Waals surface area contributed by atoms with Gasteiger partial charge >= 0.3 is 0 Å². The molecule has 1 aromatic rings. The largest absolute Gasteiger partial charge is 0.370 e. The third kappa shape index (κ3) is 3.93. The maximum absolute atomic E-state index is 5.95. The Hall–Kier alpha value is -0.300. The van der Waals surface area contributed by atoms with Crippen molar-refractivity contribution in [3.05, 3.63) is 22.4 Å². The van der Waals surface area contributed by atoms with Crippen molar-refractivity contribution in [2.24, 2.45) is 10.7 Å². The van der Waals surface area contributed by atoms with E-state index in [1.165, 1.54) is 24.1 Å². The summed E-state index contributed by atoms with van der Waals surface area (Å²) in [5, 5.41) is 2.07. The number of guanidine groups is 1. The first-order valence-corrected chi connectivity index (χ1v) is 6.31. The molecule has 16 heavy (non-hydrogen) atoms. The second kappa shape index (κ2) is 7.11. The van der Waals surface area contributed by atoms with E-state index in [0.717, 1.165) is 19.6 Å². The molecule has 2 N–H and O–H groups in total. The molecule has 1 saturated heterocycles. The minimum absolute atomic E-state index is 0. The van der Waals surface area contributed by atoms with E-state index in [9.17, 15) is 0 Å². The van der Waals surface area contributed by atoms with Crippen LogP contribution in [-0.4, -0.2) is 23.9 Å². The summed E-state index contributed by atoms with van der Waals surface area (Å²) < 4.78 is 0. The molecule has 0 bridgehead atoms. The topological polar surface area (TPSA) is 41.6 Å². The van der Waals surface area contributed by atoms with Crippen molar-refractivity contribution in [2.45, 2.75) is 25.8 Å². The molecule has 0 radical (unpaired) electrons. The summed E-state index contributed by atoms with van der Waals surface area (Å²) >= 11 is 1.73. The van der Waals surface area contributed by atoms with Gasteiger partial charge in [-0.15, -0.1) is 35.3 Å². The number of halogens is 1. The molecule has 1 aliphatic heterocycles. The second-order valence-electron chi connectivity index (χ2n) is 3.80. The zero-order valence-electron chi connectivity index (χ0n) is 9.26. The lowest BCUT2D eigenvalue weighted by atomic mass is 10.1. The minimum atomic E-state index is 0. The van der Waals surface area contributed by atoms with E-state index < -0.39 is 0 Å². The van der Waals surface area contributed by atoms with Gasteiger partial charge in [-0.3, -0.25) is 0 Å². The maximum Gasteiger partial charge on any atom is 0.191 e. The summed E-state index contributed by atoms with van der Waals surface area (Å²) in [6, 6.07) is 4.14. The highest BCUT2D eigenvalue weighted by molar-refractivity contribution is 14.0. The van der Waals surface area contributed by atoms with E-state index in [1.54, 1.807) is 11.3 Å². The molecule has 0 atom stereocenters. The van der Waals surface area contributed by atoms with E-state index in [-0.39, 0.29) is 24.0 Å². The number of nitrogens with zero attached hydrogens (tertiary/aromatic N) is 2. The molecule has 5 heteroatoms. The molecule has 2 heterocycles. The fourth-order valence-corrected chi connectivity index (χ4v) is 2.41. The molecule has 3 nitrogen and oxygen atoms in total. The van der Waals surface area contributed by atoms with Crippen LogP contribution in [0.4, 0.5) is 0 Å². The Labute approximate surface area is 118 Å². The van der Waals surface area contributed by atoms with Crippen molar-refractivity contribution in [1.82, 2.24) is 4.90 Å². The van der Waals surface area contributed by atoms with Crippen LogP contribution in [0.1, 0.15) is 24.1 Å². The Kier molecular flexibility index (Phi) is 6.12. The van der Waals surface area contributed by atoms with E-state index in [4.69, 9.17) is 5.73 Å². The van der Waals surface area contributed by atoms with Crippen molar-refractivity contribution in [1.29, 1.82) is 0 Å². The minimum Gasteiger partial charge on any atom is -0.370 e. The maximum atomic E-state index is 5.95. The molecule has 1 aromatic heterocycles. The van der Waals surface area contributed by atoms with Gasteiger partial charge in [0.15, 0.2) is 5.96 Å². The lowest BCUT2D eigenvalue weighted by molar-refractivity contribution is 0.338. The van der Waals surface area contributed by atoms with Gasteiger partial charge in [0, 0.05) is 18.0 Å². The fourth-order valence-electron chi connectivity index (χ4n) is 1.78. The van der Waals surface area contributed by atoms with Gasteiger partial charge in [0.2, 0.25) is 0 Å². The SMILES string of the molecule is I.NC(=NCc1cccs1)N1CCCCC1. The Morgan fingerprint density at radius 1 is 1.38 bits per heavy atom. The van der Waals surface area contributed by atoms with Crippen LogP contribution in [0.2, 0.25) is 0 Å². The summed E-state index contributed by atoms with van der Waals surface area (Å²) in [5.41, 5.74) is 5.95. The van der Waals surface area contributed by atoms with Crippen LogP contribution in [0.25, 0.3) is 0 Å². The highest BCUT2D eigenvalue weighted by Gasteiger charge is 2.11. The molecule has 0 spiro atoms. The van der Waals surface area contributed by atoms with Crippen molar-refractivity contribution in [2.75, 3.05) is 13.1 Å². The first kappa shape index (κ1) is 13.8. The van der Waals surface area contributed by atoms with Crippen LogP contribution in [0.15, 0.2) is 22.5 Å². The predicted molar refractivity (Wildman–Crippen MR) is 80.5 cm³/mol. The summed E-state index contributed by atoms with van der Waals surface area (Å²) in [6.45, 7) is 2.86. The summed E-state index contributed by atoms with van der Waals surface area (Å²) in [5.74, 6) is 0.711. The van der Waals surface area contributed by atoms with Gasteiger partial charge in [0.25, 0.3) is 0 Å².